The van der Waals surface area contributed by atoms with E-state index in [0.29, 0.717) is 0 Å². The summed E-state index contributed by atoms with van der Waals surface area (Å²) in [7, 11) is 0. The van der Waals surface area contributed by atoms with Crippen molar-refractivity contribution in [3.63, 3.8) is 0 Å². The summed E-state index contributed by atoms with van der Waals surface area (Å²) in [6.45, 7) is 4.00. The zero-order valence-electron chi connectivity index (χ0n) is 42.8. The van der Waals surface area contributed by atoms with E-state index in [1.165, 1.54) is 0 Å². The van der Waals surface area contributed by atoms with E-state index in [9.17, 15) is 0 Å². The minimum Gasteiger partial charge on any atom is -0.311 e. The molecule has 0 saturated carbocycles. The largest absolute Gasteiger partial charge is 0.311 e. The molecule has 0 aliphatic heterocycles. The minimum atomic E-state index is 1.09. The molecule has 4 nitrogen and oxygen atoms in total. The van der Waals surface area contributed by atoms with Gasteiger partial charge in [-0.2, -0.15) is 0 Å². The lowest BCUT2D eigenvalue weighted by Crippen LogP contribution is -2.10. The lowest BCUT2D eigenvalue weighted by Gasteiger charge is -2.27. The van der Waals surface area contributed by atoms with Gasteiger partial charge in [0.05, 0.1) is 0 Å². The summed E-state index contributed by atoms with van der Waals surface area (Å²) in [4.78, 5) is 9.26. The molecule has 0 radical (unpaired) electrons. The Bertz CT molecular complexity index is 3390. The van der Waals surface area contributed by atoms with Crippen molar-refractivity contribution in [3.8, 4) is 22.3 Å². The van der Waals surface area contributed by atoms with Crippen molar-refractivity contribution < 1.29 is 0 Å². The Morgan fingerprint density at radius 1 is 0.158 bits per heavy atom. The number of para-hydroxylation sites is 6. The van der Waals surface area contributed by atoms with E-state index in [-0.39, 0.29) is 0 Å². The third kappa shape index (κ3) is 10.5. The number of anilines is 12. The van der Waals surface area contributed by atoms with E-state index in [0.717, 1.165) is 101 Å². The van der Waals surface area contributed by atoms with Gasteiger partial charge >= 0.3 is 0 Å². The normalized spacial score (nSPS) is 10.8. The molecule has 12 aromatic carbocycles. The van der Waals surface area contributed by atoms with E-state index in [2.05, 4.69) is 335 Å². The summed E-state index contributed by atoms with van der Waals surface area (Å²) in [6.07, 6.45) is 0. The first-order valence-corrected chi connectivity index (χ1v) is 26.2. The maximum absolute atomic E-state index is 2.34. The van der Waals surface area contributed by atoms with Gasteiger partial charge in [0, 0.05) is 68.2 Å². The minimum absolute atomic E-state index is 1.09. The van der Waals surface area contributed by atoms with Gasteiger partial charge in [0.2, 0.25) is 0 Å². The smallest absolute Gasteiger partial charge is 0.0468 e. The molecule has 0 spiro atoms. The van der Waals surface area contributed by atoms with Gasteiger partial charge in [0.15, 0.2) is 0 Å². The predicted molar refractivity (Wildman–Crippen MR) is 325 cm³/mol. The van der Waals surface area contributed by atoms with Crippen LogP contribution < -0.4 is 19.6 Å². The number of rotatable bonds is 14. The van der Waals surface area contributed by atoms with Gasteiger partial charge in [-0.3, -0.25) is 0 Å². The van der Waals surface area contributed by atoms with E-state index in [4.69, 9.17) is 0 Å². The van der Waals surface area contributed by atoms with Crippen LogP contribution >= 0.6 is 0 Å². The van der Waals surface area contributed by atoms with Crippen molar-refractivity contribution in [2.75, 3.05) is 19.6 Å². The van der Waals surface area contributed by atoms with Gasteiger partial charge < -0.3 is 19.6 Å². The summed E-state index contributed by atoms with van der Waals surface area (Å²) in [5.41, 5.74) is 17.9. The molecule has 0 bridgehead atoms. The SMILES string of the molecule is CC.c1ccc(N(c2ccccc2)c2ccc(-c3ccc(N(c4ccccc4)c4ccc5cc(N(c6ccccc6)c6ccc(-c7ccc(N(c8ccccc8)c8ccccc8)cc7)cc6)ccc5c4)cc3)cc2)cc1. The molecule has 4 heteroatoms. The van der Waals surface area contributed by atoms with Crippen LogP contribution in [0.2, 0.25) is 0 Å². The van der Waals surface area contributed by atoms with Gasteiger partial charge in [-0.05, 0) is 179 Å². The topological polar surface area (TPSA) is 13.0 Å². The molecule has 76 heavy (non-hydrogen) atoms. The Labute approximate surface area is 447 Å². The average molecular weight is 979 g/mol. The van der Waals surface area contributed by atoms with Crippen molar-refractivity contribution in [3.05, 3.63) is 315 Å². The molecule has 0 fully saturated rings. The number of benzene rings is 12. The van der Waals surface area contributed by atoms with Crippen LogP contribution in [0.1, 0.15) is 13.8 Å². The maximum atomic E-state index is 2.34. The van der Waals surface area contributed by atoms with Crippen LogP contribution in [0.15, 0.2) is 315 Å². The van der Waals surface area contributed by atoms with Crippen LogP contribution in [-0.2, 0) is 0 Å². The van der Waals surface area contributed by atoms with Crippen LogP contribution in [0, 0.1) is 0 Å². The van der Waals surface area contributed by atoms with Gasteiger partial charge in [0.1, 0.15) is 0 Å². The maximum Gasteiger partial charge on any atom is 0.0468 e. The lowest BCUT2D eigenvalue weighted by molar-refractivity contribution is 1.28. The van der Waals surface area contributed by atoms with Gasteiger partial charge in [0.25, 0.3) is 0 Å². The van der Waals surface area contributed by atoms with E-state index in [1.807, 2.05) is 13.8 Å². The Morgan fingerprint density at radius 3 is 0.513 bits per heavy atom. The third-order valence-corrected chi connectivity index (χ3v) is 13.6. The first-order chi connectivity index (χ1) is 37.7. The van der Waals surface area contributed by atoms with Crippen molar-refractivity contribution in [2.45, 2.75) is 13.8 Å². The Morgan fingerprint density at radius 2 is 0.316 bits per heavy atom. The molecule has 12 aromatic rings. The molecular formula is C72H58N4. The van der Waals surface area contributed by atoms with E-state index in [1.54, 1.807) is 0 Å². The molecule has 12 rings (SSSR count). The monoisotopic (exact) mass is 978 g/mol. The summed E-state index contributed by atoms with van der Waals surface area (Å²) in [6, 6.07) is 113. The Kier molecular flexibility index (Phi) is 14.6. The number of hydrogen-bond acceptors (Lipinski definition) is 4. The second-order valence-electron chi connectivity index (χ2n) is 18.3. The van der Waals surface area contributed by atoms with E-state index < -0.39 is 0 Å². The van der Waals surface area contributed by atoms with Gasteiger partial charge in [-0.1, -0.05) is 184 Å². The number of fused-ring (bicyclic) bond motifs is 1. The summed E-state index contributed by atoms with van der Waals surface area (Å²) >= 11 is 0. The number of hydrogen-bond donors (Lipinski definition) is 0. The molecule has 0 N–H and O–H groups in total. The van der Waals surface area contributed by atoms with Crippen LogP contribution in [-0.4, -0.2) is 0 Å². The Hall–Kier alpha value is -9.90. The van der Waals surface area contributed by atoms with Crippen LogP contribution in [0.25, 0.3) is 33.0 Å². The molecule has 366 valence electrons. The van der Waals surface area contributed by atoms with Crippen LogP contribution in [0.4, 0.5) is 68.2 Å². The second kappa shape index (κ2) is 22.9. The number of nitrogens with zero attached hydrogens (tertiary/aromatic N) is 4. The first-order valence-electron chi connectivity index (χ1n) is 26.2. The molecule has 0 heterocycles. The fourth-order valence-corrected chi connectivity index (χ4v) is 9.96. The highest BCUT2D eigenvalue weighted by atomic mass is 15.2. The highest BCUT2D eigenvalue weighted by Gasteiger charge is 2.18. The summed E-state index contributed by atoms with van der Waals surface area (Å²) in [5, 5.41) is 2.32. The fourth-order valence-electron chi connectivity index (χ4n) is 9.96. The van der Waals surface area contributed by atoms with E-state index >= 15 is 0 Å². The third-order valence-electron chi connectivity index (χ3n) is 13.6. The first kappa shape index (κ1) is 48.4. The average Bonchev–Trinajstić information content (AvgIpc) is 3.51. The van der Waals surface area contributed by atoms with Gasteiger partial charge in [-0.25, -0.2) is 0 Å². The zero-order chi connectivity index (χ0) is 51.5. The van der Waals surface area contributed by atoms with Crippen molar-refractivity contribution in [2.24, 2.45) is 0 Å². The molecule has 0 atom stereocenters. The molecule has 0 amide bonds. The summed E-state index contributed by atoms with van der Waals surface area (Å²) < 4.78 is 0. The van der Waals surface area contributed by atoms with Crippen molar-refractivity contribution >= 4 is 79.0 Å². The molecule has 0 aromatic heterocycles. The summed E-state index contributed by atoms with van der Waals surface area (Å²) in [5.74, 6) is 0. The molecular weight excluding hydrogens is 921 g/mol. The second-order valence-corrected chi connectivity index (χ2v) is 18.3. The predicted octanol–water partition coefficient (Wildman–Crippen LogP) is 21.1. The molecule has 0 aliphatic rings. The Balaban J connectivity index is 0.00000305. The highest BCUT2D eigenvalue weighted by molar-refractivity contribution is 5.94. The lowest BCUT2D eigenvalue weighted by atomic mass is 10.0. The van der Waals surface area contributed by atoms with Gasteiger partial charge in [-0.15, -0.1) is 0 Å². The molecule has 0 aliphatic carbocycles. The van der Waals surface area contributed by atoms with Crippen LogP contribution in [0.5, 0.6) is 0 Å². The van der Waals surface area contributed by atoms with Crippen LogP contribution in [0.3, 0.4) is 0 Å². The van der Waals surface area contributed by atoms with Crippen molar-refractivity contribution in [1.82, 2.24) is 0 Å². The molecule has 0 unspecified atom stereocenters. The highest BCUT2D eigenvalue weighted by Crippen LogP contribution is 2.42. The van der Waals surface area contributed by atoms with Crippen molar-refractivity contribution in [1.29, 1.82) is 0 Å². The zero-order valence-corrected chi connectivity index (χ0v) is 42.8. The standard InChI is InChI=1S/C70H52N4.C2H6/c1-7-19-59(20-8-1)71(60-21-9-2-10-22-60)65-41-31-53(32-42-65)55-35-45-67(46-36-55)73(63-27-15-5-16-28-63)69-49-39-58-52-70(50-40-57(58)51-69)74(64-29-17-6-18-30-64)68-47-37-56(38-48-68)54-33-43-66(44-34-54)72(61-23-11-3-12-24-61)62-25-13-4-14-26-62;1-2/h1-52H;1-2H3. The molecule has 0 saturated heterocycles. The quantitative estimate of drug-likeness (QED) is 0.108. The fraction of sp³-hybridized carbons (Fsp3) is 0.0278.